The molecule has 21 heavy (non-hydrogen) atoms. The van der Waals surface area contributed by atoms with Gasteiger partial charge in [-0.15, -0.1) is 0 Å². The molecule has 0 aromatic heterocycles. The number of carbonyl (C=O) groups excluding carboxylic acids is 1. The monoisotopic (exact) mass is 294 g/mol. The van der Waals surface area contributed by atoms with Gasteiger partial charge in [-0.05, 0) is 37.5 Å². The highest BCUT2D eigenvalue weighted by molar-refractivity contribution is 5.70. The first kappa shape index (κ1) is 15.8. The number of rotatable bonds is 8. The Balaban J connectivity index is 1.92. The molecule has 0 amide bonds. The molecule has 1 N–H and O–H groups in total. The van der Waals surface area contributed by atoms with E-state index in [0.29, 0.717) is 24.9 Å². The van der Waals surface area contributed by atoms with Gasteiger partial charge in [0.2, 0.25) is 0 Å². The first-order valence-electron chi connectivity index (χ1n) is 7.48. The first-order chi connectivity index (χ1) is 10.1. The minimum absolute atomic E-state index is 0.253. The molecular formula is C16H23FN2O2. The molecule has 1 aliphatic carbocycles. The van der Waals surface area contributed by atoms with Crippen LogP contribution in [0.3, 0.4) is 0 Å². The molecule has 0 unspecified atom stereocenters. The smallest absolute Gasteiger partial charge is 0.307 e. The SMILES string of the molecule is CCOC(=O)CCN(C)c1cc(CNC2CC2)ccc1F. The molecule has 0 spiro atoms. The number of esters is 1. The summed E-state index contributed by atoms with van der Waals surface area (Å²) in [5, 5.41) is 3.41. The fraction of sp³-hybridized carbons (Fsp3) is 0.562. The third kappa shape index (κ3) is 5.01. The van der Waals surface area contributed by atoms with Crippen molar-refractivity contribution in [3.05, 3.63) is 29.6 Å². The van der Waals surface area contributed by atoms with Crippen LogP contribution in [0.25, 0.3) is 0 Å². The van der Waals surface area contributed by atoms with Gasteiger partial charge in [-0.25, -0.2) is 4.39 Å². The number of nitrogens with zero attached hydrogens (tertiary/aromatic N) is 1. The van der Waals surface area contributed by atoms with Gasteiger partial charge in [0.1, 0.15) is 5.82 Å². The summed E-state index contributed by atoms with van der Waals surface area (Å²) in [5.41, 5.74) is 1.58. The number of anilines is 1. The summed E-state index contributed by atoms with van der Waals surface area (Å²) < 4.78 is 18.8. The van der Waals surface area contributed by atoms with Crippen molar-refractivity contribution in [2.75, 3.05) is 25.1 Å². The van der Waals surface area contributed by atoms with Crippen LogP contribution >= 0.6 is 0 Å². The molecule has 1 saturated carbocycles. The zero-order chi connectivity index (χ0) is 15.2. The molecule has 1 aromatic rings. The minimum atomic E-state index is -0.267. The van der Waals surface area contributed by atoms with E-state index in [4.69, 9.17) is 4.74 Å². The second-order valence-electron chi connectivity index (χ2n) is 5.42. The number of halogens is 1. The number of ether oxygens (including phenoxy) is 1. The van der Waals surface area contributed by atoms with E-state index in [9.17, 15) is 9.18 Å². The van der Waals surface area contributed by atoms with Crippen LogP contribution in [0.5, 0.6) is 0 Å². The Labute approximate surface area is 125 Å². The van der Waals surface area contributed by atoms with E-state index in [-0.39, 0.29) is 18.2 Å². The van der Waals surface area contributed by atoms with Gasteiger partial charge >= 0.3 is 5.97 Å². The number of hydrogen-bond acceptors (Lipinski definition) is 4. The van der Waals surface area contributed by atoms with Crippen molar-refractivity contribution in [1.29, 1.82) is 0 Å². The highest BCUT2D eigenvalue weighted by Crippen LogP contribution is 2.22. The maximum atomic E-state index is 13.9. The van der Waals surface area contributed by atoms with Gasteiger partial charge in [0.05, 0.1) is 18.7 Å². The molecule has 116 valence electrons. The number of nitrogens with one attached hydrogen (secondary N) is 1. The lowest BCUT2D eigenvalue weighted by atomic mass is 10.1. The lowest BCUT2D eigenvalue weighted by Crippen LogP contribution is -2.23. The summed E-state index contributed by atoms with van der Waals surface area (Å²) in [6.45, 7) is 3.34. The molecule has 0 heterocycles. The van der Waals surface area contributed by atoms with Crippen molar-refractivity contribution in [3.63, 3.8) is 0 Å². The lowest BCUT2D eigenvalue weighted by Gasteiger charge is -2.20. The molecular weight excluding hydrogens is 271 g/mol. The largest absolute Gasteiger partial charge is 0.466 e. The second kappa shape index (κ2) is 7.41. The zero-order valence-corrected chi connectivity index (χ0v) is 12.7. The topological polar surface area (TPSA) is 41.6 Å². The molecule has 0 saturated heterocycles. The Bertz CT molecular complexity index is 489. The average Bonchev–Trinajstić information content (AvgIpc) is 3.28. The van der Waals surface area contributed by atoms with E-state index in [1.54, 1.807) is 24.9 Å². The highest BCUT2D eigenvalue weighted by atomic mass is 19.1. The van der Waals surface area contributed by atoms with Crippen molar-refractivity contribution in [3.8, 4) is 0 Å². The van der Waals surface area contributed by atoms with E-state index >= 15 is 0 Å². The van der Waals surface area contributed by atoms with Crippen LogP contribution in [0.15, 0.2) is 18.2 Å². The molecule has 1 aromatic carbocycles. The standard InChI is InChI=1S/C16H23FN2O2/c1-3-21-16(20)8-9-19(2)15-10-12(4-7-14(15)17)11-18-13-5-6-13/h4,7,10,13,18H,3,5-6,8-9,11H2,1-2H3. The summed E-state index contributed by atoms with van der Waals surface area (Å²) >= 11 is 0. The molecule has 4 nitrogen and oxygen atoms in total. The quantitative estimate of drug-likeness (QED) is 0.748. The molecule has 2 rings (SSSR count). The van der Waals surface area contributed by atoms with Crippen molar-refractivity contribution < 1.29 is 13.9 Å². The fourth-order valence-electron chi connectivity index (χ4n) is 2.12. The third-order valence-electron chi connectivity index (χ3n) is 3.55. The van der Waals surface area contributed by atoms with Crippen molar-refractivity contribution in [2.24, 2.45) is 0 Å². The molecule has 0 atom stereocenters. The summed E-state index contributed by atoms with van der Waals surface area (Å²) in [6.07, 6.45) is 2.72. The first-order valence-corrected chi connectivity index (χ1v) is 7.48. The van der Waals surface area contributed by atoms with Gasteiger partial charge in [0.15, 0.2) is 0 Å². The van der Waals surface area contributed by atoms with E-state index in [1.165, 1.54) is 18.9 Å². The average molecular weight is 294 g/mol. The Kier molecular flexibility index (Phi) is 5.56. The van der Waals surface area contributed by atoms with Gasteiger partial charge in [-0.1, -0.05) is 6.07 Å². The van der Waals surface area contributed by atoms with Gasteiger partial charge in [0.25, 0.3) is 0 Å². The number of carbonyl (C=O) groups is 1. The Morgan fingerprint density at radius 3 is 2.90 bits per heavy atom. The second-order valence-corrected chi connectivity index (χ2v) is 5.42. The molecule has 1 fully saturated rings. The Hall–Kier alpha value is -1.62. The molecule has 0 bridgehead atoms. The normalized spacial score (nSPS) is 14.0. The number of hydrogen-bond donors (Lipinski definition) is 1. The van der Waals surface area contributed by atoms with E-state index in [0.717, 1.165) is 12.1 Å². The van der Waals surface area contributed by atoms with Crippen LogP contribution in [0.2, 0.25) is 0 Å². The molecule has 0 aliphatic heterocycles. The zero-order valence-electron chi connectivity index (χ0n) is 12.7. The lowest BCUT2D eigenvalue weighted by molar-refractivity contribution is -0.142. The van der Waals surface area contributed by atoms with Crippen LogP contribution < -0.4 is 10.2 Å². The van der Waals surface area contributed by atoms with Crippen LogP contribution in [-0.4, -0.2) is 32.2 Å². The van der Waals surface area contributed by atoms with Crippen molar-refractivity contribution in [1.82, 2.24) is 5.32 Å². The van der Waals surface area contributed by atoms with E-state index in [1.807, 2.05) is 6.07 Å². The summed E-state index contributed by atoms with van der Waals surface area (Å²) in [5.74, 6) is -0.521. The highest BCUT2D eigenvalue weighted by Gasteiger charge is 2.20. The molecule has 1 aliphatic rings. The van der Waals surface area contributed by atoms with Crippen molar-refractivity contribution in [2.45, 2.75) is 38.8 Å². The molecule has 0 radical (unpaired) electrons. The van der Waals surface area contributed by atoms with Gasteiger partial charge in [0, 0.05) is 26.2 Å². The third-order valence-corrected chi connectivity index (χ3v) is 3.55. The Morgan fingerprint density at radius 1 is 1.48 bits per heavy atom. The predicted molar refractivity (Wildman–Crippen MR) is 80.8 cm³/mol. The summed E-state index contributed by atoms with van der Waals surface area (Å²) in [6, 6.07) is 5.75. The predicted octanol–water partition coefficient (Wildman–Crippen LogP) is 2.47. The van der Waals surface area contributed by atoms with Crippen LogP contribution in [0.4, 0.5) is 10.1 Å². The van der Waals surface area contributed by atoms with Gasteiger partial charge < -0.3 is 15.0 Å². The van der Waals surface area contributed by atoms with E-state index in [2.05, 4.69) is 5.32 Å². The van der Waals surface area contributed by atoms with Gasteiger partial charge in [-0.2, -0.15) is 0 Å². The maximum absolute atomic E-state index is 13.9. The summed E-state index contributed by atoms with van der Waals surface area (Å²) in [4.78, 5) is 13.1. The Morgan fingerprint density at radius 2 is 2.24 bits per heavy atom. The van der Waals surface area contributed by atoms with E-state index < -0.39 is 0 Å². The molecule has 5 heteroatoms. The minimum Gasteiger partial charge on any atom is -0.466 e. The van der Waals surface area contributed by atoms with Crippen LogP contribution in [0, 0.1) is 5.82 Å². The van der Waals surface area contributed by atoms with Crippen LogP contribution in [0.1, 0.15) is 31.7 Å². The fourth-order valence-corrected chi connectivity index (χ4v) is 2.12. The summed E-state index contributed by atoms with van der Waals surface area (Å²) in [7, 11) is 1.79. The number of benzene rings is 1. The van der Waals surface area contributed by atoms with Crippen LogP contribution in [-0.2, 0) is 16.1 Å². The van der Waals surface area contributed by atoms with Crippen molar-refractivity contribution >= 4 is 11.7 Å². The van der Waals surface area contributed by atoms with Gasteiger partial charge in [-0.3, -0.25) is 4.79 Å². The maximum Gasteiger partial charge on any atom is 0.307 e.